The Hall–Kier alpha value is -2.02. The van der Waals surface area contributed by atoms with E-state index in [1.54, 1.807) is 0 Å². The highest BCUT2D eigenvalue weighted by Crippen LogP contribution is 2.29. The molecule has 1 heteroatoms. The molecule has 0 aliphatic carbocycles. The highest BCUT2D eigenvalue weighted by molar-refractivity contribution is 6.07. The summed E-state index contributed by atoms with van der Waals surface area (Å²) in [5.74, 6) is 0.620. The summed E-state index contributed by atoms with van der Waals surface area (Å²) in [6, 6.07) is 17.4. The van der Waals surface area contributed by atoms with Crippen molar-refractivity contribution in [2.45, 2.75) is 32.7 Å². The molecule has 0 bridgehead atoms. The van der Waals surface area contributed by atoms with Crippen LogP contribution < -0.4 is 0 Å². The van der Waals surface area contributed by atoms with Crippen LogP contribution in [0.1, 0.15) is 26.2 Å². The minimum Gasteiger partial charge on any atom is -0.340 e. The zero-order chi connectivity index (χ0) is 14.7. The maximum Gasteiger partial charge on any atom is 0.0491 e. The predicted molar refractivity (Wildman–Crippen MR) is 92.7 cm³/mol. The van der Waals surface area contributed by atoms with Gasteiger partial charge in [-0.05, 0) is 30.9 Å². The molecule has 1 nitrogen and oxygen atoms in total. The molecule has 1 unspecified atom stereocenters. The monoisotopic (exact) mass is 277 g/mol. The third kappa shape index (κ3) is 2.61. The second-order valence-electron chi connectivity index (χ2n) is 5.76. The molecule has 0 amide bonds. The molecule has 0 aliphatic heterocycles. The van der Waals surface area contributed by atoms with Gasteiger partial charge in [0, 0.05) is 28.4 Å². The van der Waals surface area contributed by atoms with Gasteiger partial charge in [0.1, 0.15) is 0 Å². The summed E-state index contributed by atoms with van der Waals surface area (Å²) < 4.78 is 2.47. The van der Waals surface area contributed by atoms with Crippen molar-refractivity contribution in [1.29, 1.82) is 0 Å². The maximum atomic E-state index is 3.99. The number of fused-ring (bicyclic) bond motifs is 3. The summed E-state index contributed by atoms with van der Waals surface area (Å²) in [5, 5.41) is 2.72. The average Bonchev–Trinajstić information content (AvgIpc) is 2.86. The number of allylic oxidation sites excluding steroid dienone is 1. The van der Waals surface area contributed by atoms with E-state index >= 15 is 0 Å². The summed E-state index contributed by atoms with van der Waals surface area (Å²) in [4.78, 5) is 0. The zero-order valence-electron chi connectivity index (χ0n) is 12.8. The molecular weight excluding hydrogens is 254 g/mol. The lowest BCUT2D eigenvalue weighted by Crippen LogP contribution is -2.04. The van der Waals surface area contributed by atoms with Crippen LogP contribution in [0.2, 0.25) is 0 Å². The Morgan fingerprint density at radius 2 is 1.52 bits per heavy atom. The molecule has 0 fully saturated rings. The van der Waals surface area contributed by atoms with E-state index in [4.69, 9.17) is 0 Å². The number of hydrogen-bond donors (Lipinski definition) is 0. The Kier molecular flexibility index (Phi) is 4.10. The fourth-order valence-corrected chi connectivity index (χ4v) is 3.29. The molecular formula is C20H23N. The number of rotatable bonds is 6. The molecule has 0 spiro atoms. The molecule has 108 valence electrons. The van der Waals surface area contributed by atoms with Crippen molar-refractivity contribution in [3.63, 3.8) is 0 Å². The minimum absolute atomic E-state index is 0.620. The molecule has 0 N–H and O–H groups in total. The van der Waals surface area contributed by atoms with Crippen LogP contribution in [0.3, 0.4) is 0 Å². The van der Waals surface area contributed by atoms with E-state index in [0.717, 1.165) is 6.54 Å². The Morgan fingerprint density at radius 1 is 0.952 bits per heavy atom. The van der Waals surface area contributed by atoms with E-state index < -0.39 is 0 Å². The van der Waals surface area contributed by atoms with Gasteiger partial charge >= 0.3 is 0 Å². The van der Waals surface area contributed by atoms with Gasteiger partial charge in [-0.3, -0.25) is 0 Å². The lowest BCUT2D eigenvalue weighted by atomic mass is 10.00. The van der Waals surface area contributed by atoms with Crippen LogP contribution in [-0.2, 0) is 6.54 Å². The molecule has 3 rings (SSSR count). The first-order chi connectivity index (χ1) is 10.3. The summed E-state index contributed by atoms with van der Waals surface area (Å²) in [5.41, 5.74) is 2.69. The van der Waals surface area contributed by atoms with Crippen molar-refractivity contribution in [1.82, 2.24) is 4.57 Å². The maximum absolute atomic E-state index is 3.99. The lowest BCUT2D eigenvalue weighted by molar-refractivity contribution is 0.499. The second kappa shape index (κ2) is 6.17. The van der Waals surface area contributed by atoms with Crippen LogP contribution in [0, 0.1) is 5.92 Å². The van der Waals surface area contributed by atoms with Crippen LogP contribution in [-0.4, -0.2) is 4.57 Å². The number of para-hydroxylation sites is 2. The van der Waals surface area contributed by atoms with Crippen molar-refractivity contribution >= 4 is 21.8 Å². The zero-order valence-corrected chi connectivity index (χ0v) is 12.8. The Balaban J connectivity index is 2.01. The van der Waals surface area contributed by atoms with Gasteiger partial charge in [0.05, 0.1) is 0 Å². The van der Waals surface area contributed by atoms with E-state index in [1.807, 2.05) is 0 Å². The van der Waals surface area contributed by atoms with Crippen molar-refractivity contribution in [2.75, 3.05) is 0 Å². The van der Waals surface area contributed by atoms with Gasteiger partial charge in [-0.25, -0.2) is 0 Å². The number of hydrogen-bond acceptors (Lipinski definition) is 0. The first-order valence-corrected chi connectivity index (χ1v) is 7.93. The van der Waals surface area contributed by atoms with Gasteiger partial charge in [0.25, 0.3) is 0 Å². The first kappa shape index (κ1) is 13.9. The van der Waals surface area contributed by atoms with Crippen molar-refractivity contribution in [2.24, 2.45) is 5.92 Å². The second-order valence-corrected chi connectivity index (χ2v) is 5.76. The third-order valence-corrected chi connectivity index (χ3v) is 4.40. The fourth-order valence-electron chi connectivity index (χ4n) is 3.29. The van der Waals surface area contributed by atoms with Crippen LogP contribution in [0.5, 0.6) is 0 Å². The predicted octanol–water partition coefficient (Wildman–Crippen LogP) is 5.79. The molecule has 0 saturated carbocycles. The largest absolute Gasteiger partial charge is 0.340 e. The Morgan fingerprint density at radius 3 is 2.05 bits per heavy atom. The summed E-state index contributed by atoms with van der Waals surface area (Å²) in [6.45, 7) is 7.30. The van der Waals surface area contributed by atoms with Gasteiger partial charge in [0.15, 0.2) is 0 Å². The van der Waals surface area contributed by atoms with Crippen molar-refractivity contribution in [3.8, 4) is 0 Å². The van der Waals surface area contributed by atoms with E-state index in [9.17, 15) is 0 Å². The minimum atomic E-state index is 0.620. The highest BCUT2D eigenvalue weighted by Gasteiger charge is 2.10. The van der Waals surface area contributed by atoms with E-state index in [0.29, 0.717) is 5.92 Å². The van der Waals surface area contributed by atoms with Crippen molar-refractivity contribution < 1.29 is 0 Å². The molecule has 2 aromatic carbocycles. The van der Waals surface area contributed by atoms with Gasteiger partial charge in [-0.2, -0.15) is 0 Å². The molecule has 0 aliphatic rings. The van der Waals surface area contributed by atoms with Crippen LogP contribution in [0.15, 0.2) is 61.2 Å². The number of nitrogens with zero attached hydrogens (tertiary/aromatic N) is 1. The van der Waals surface area contributed by atoms with Crippen molar-refractivity contribution in [3.05, 3.63) is 61.2 Å². The van der Waals surface area contributed by atoms with Gasteiger partial charge in [-0.15, -0.1) is 6.58 Å². The van der Waals surface area contributed by atoms with Gasteiger partial charge in [-0.1, -0.05) is 55.8 Å². The Labute approximate surface area is 126 Å². The van der Waals surface area contributed by atoms with Gasteiger partial charge in [0.2, 0.25) is 0 Å². The normalized spacial score (nSPS) is 12.8. The topological polar surface area (TPSA) is 4.93 Å². The lowest BCUT2D eigenvalue weighted by Gasteiger charge is -2.13. The molecule has 0 radical (unpaired) electrons. The molecule has 1 atom stereocenters. The highest BCUT2D eigenvalue weighted by atomic mass is 15.0. The van der Waals surface area contributed by atoms with E-state index in [-0.39, 0.29) is 0 Å². The average molecular weight is 277 g/mol. The third-order valence-electron chi connectivity index (χ3n) is 4.40. The fraction of sp³-hybridized carbons (Fsp3) is 0.300. The molecule has 0 saturated heterocycles. The van der Waals surface area contributed by atoms with Crippen LogP contribution in [0.4, 0.5) is 0 Å². The summed E-state index contributed by atoms with van der Waals surface area (Å²) in [6.07, 6.45) is 5.75. The van der Waals surface area contributed by atoms with E-state index in [2.05, 4.69) is 72.7 Å². The standard InChI is InChI=1S/C20H23N/c1-3-9-16(4-2)14-15-21-19-12-7-5-10-17(19)18-11-6-8-13-20(18)21/h4-8,10-13,16H,2-3,9,14-15H2,1H3. The van der Waals surface area contributed by atoms with Crippen LogP contribution >= 0.6 is 0 Å². The molecule has 1 aromatic heterocycles. The molecule has 1 heterocycles. The smallest absolute Gasteiger partial charge is 0.0491 e. The number of aromatic nitrogens is 1. The number of benzene rings is 2. The first-order valence-electron chi connectivity index (χ1n) is 7.93. The SMILES string of the molecule is C=CC(CCC)CCn1c2ccccc2c2ccccc21. The number of aryl methyl sites for hydroxylation is 1. The summed E-state index contributed by atoms with van der Waals surface area (Å²) >= 11 is 0. The Bertz CT molecular complexity index is 697. The van der Waals surface area contributed by atoms with E-state index in [1.165, 1.54) is 41.1 Å². The summed E-state index contributed by atoms with van der Waals surface area (Å²) in [7, 11) is 0. The molecule has 21 heavy (non-hydrogen) atoms. The quantitative estimate of drug-likeness (QED) is 0.503. The van der Waals surface area contributed by atoms with Gasteiger partial charge < -0.3 is 4.57 Å². The molecule has 3 aromatic rings. The van der Waals surface area contributed by atoms with Crippen LogP contribution in [0.25, 0.3) is 21.8 Å².